The minimum absolute atomic E-state index is 0.106. The Labute approximate surface area is 208 Å². The molecular weight excluding hydrogens is 495 g/mol. The molecule has 0 saturated carbocycles. The minimum atomic E-state index is -2.96. The quantitative estimate of drug-likeness (QED) is 0.258. The molecule has 4 rings (SSSR count). The van der Waals surface area contributed by atoms with E-state index in [4.69, 9.17) is 0 Å². The number of nitrogens with zero attached hydrogens (tertiary/aromatic N) is 3. The standard InChI is InChI=1S/C25H22F3N3O2S2/c1-13(2)34-23-20(15-8-10-17(11-9-15)25(4,27)28)29-24(35-23)31-21(22(32)33)19(14(3)30-31)16-6-5-7-18(26)12-16/h5-13H,1-4H3,(H,32,33). The van der Waals surface area contributed by atoms with Crippen LogP contribution in [-0.4, -0.2) is 31.1 Å². The first kappa shape index (κ1) is 25.0. The van der Waals surface area contributed by atoms with Crippen LogP contribution in [0, 0.1) is 12.7 Å². The molecule has 0 unspecified atom stereocenters. The van der Waals surface area contributed by atoms with Crippen molar-refractivity contribution in [1.82, 2.24) is 14.8 Å². The van der Waals surface area contributed by atoms with Gasteiger partial charge in [0.05, 0.1) is 15.6 Å². The van der Waals surface area contributed by atoms with Gasteiger partial charge in [0.2, 0.25) is 5.13 Å². The number of benzene rings is 2. The molecule has 0 fully saturated rings. The third-order valence-electron chi connectivity index (χ3n) is 5.15. The summed E-state index contributed by atoms with van der Waals surface area (Å²) in [6.45, 7) is 6.52. The van der Waals surface area contributed by atoms with Crippen molar-refractivity contribution < 1.29 is 23.1 Å². The molecule has 0 aliphatic carbocycles. The Bertz CT molecular complexity index is 1390. The summed E-state index contributed by atoms with van der Waals surface area (Å²) in [6, 6.07) is 11.6. The lowest BCUT2D eigenvalue weighted by Gasteiger charge is -2.11. The lowest BCUT2D eigenvalue weighted by atomic mass is 10.0. The normalized spacial score (nSPS) is 11.9. The number of alkyl halides is 2. The van der Waals surface area contributed by atoms with E-state index in [1.165, 1.54) is 58.1 Å². The Morgan fingerprint density at radius 2 is 1.83 bits per heavy atom. The minimum Gasteiger partial charge on any atom is -0.476 e. The molecule has 0 saturated heterocycles. The molecule has 1 N–H and O–H groups in total. The lowest BCUT2D eigenvalue weighted by molar-refractivity contribution is 0.0175. The van der Waals surface area contributed by atoms with E-state index >= 15 is 0 Å². The van der Waals surface area contributed by atoms with E-state index in [2.05, 4.69) is 10.1 Å². The molecule has 35 heavy (non-hydrogen) atoms. The van der Waals surface area contributed by atoms with Crippen LogP contribution in [0.1, 0.15) is 42.5 Å². The molecule has 2 heterocycles. The number of aromatic carboxylic acids is 1. The average Bonchev–Trinajstić information content (AvgIpc) is 3.33. The molecule has 4 aromatic rings. The second-order valence-electron chi connectivity index (χ2n) is 8.30. The average molecular weight is 518 g/mol. The highest BCUT2D eigenvalue weighted by molar-refractivity contribution is 8.01. The molecule has 10 heteroatoms. The zero-order valence-electron chi connectivity index (χ0n) is 19.3. The number of carboxylic acids is 1. The highest BCUT2D eigenvalue weighted by Gasteiger charge is 2.28. The number of aromatic nitrogens is 3. The fourth-order valence-electron chi connectivity index (χ4n) is 3.64. The van der Waals surface area contributed by atoms with Gasteiger partial charge in [-0.2, -0.15) is 9.78 Å². The second kappa shape index (κ2) is 9.50. The molecular formula is C25H22F3N3O2S2. The molecule has 0 spiro atoms. The number of thioether (sulfide) groups is 1. The van der Waals surface area contributed by atoms with Crippen molar-refractivity contribution in [2.45, 2.75) is 43.1 Å². The van der Waals surface area contributed by atoms with E-state index in [9.17, 15) is 23.1 Å². The molecule has 0 atom stereocenters. The Morgan fingerprint density at radius 1 is 1.14 bits per heavy atom. The van der Waals surface area contributed by atoms with Gasteiger partial charge in [0, 0.05) is 28.9 Å². The molecule has 182 valence electrons. The van der Waals surface area contributed by atoms with Crippen molar-refractivity contribution in [3.63, 3.8) is 0 Å². The first-order chi connectivity index (χ1) is 16.5. The summed E-state index contributed by atoms with van der Waals surface area (Å²) in [7, 11) is 0. The van der Waals surface area contributed by atoms with Crippen molar-refractivity contribution in [3.05, 3.63) is 71.3 Å². The number of carboxylic acid groups (broad SMARTS) is 1. The van der Waals surface area contributed by atoms with Crippen molar-refractivity contribution in [2.24, 2.45) is 0 Å². The second-order valence-corrected chi connectivity index (χ2v) is 11.1. The Balaban J connectivity index is 1.88. The smallest absolute Gasteiger partial charge is 0.355 e. The van der Waals surface area contributed by atoms with Gasteiger partial charge in [-0.1, -0.05) is 61.6 Å². The number of hydrogen-bond donors (Lipinski definition) is 1. The Kier molecular flexibility index (Phi) is 6.79. The molecule has 0 bridgehead atoms. The molecule has 2 aromatic carbocycles. The summed E-state index contributed by atoms with van der Waals surface area (Å²) in [5, 5.41) is 15.0. The summed E-state index contributed by atoms with van der Waals surface area (Å²) in [5.41, 5.74) is 2.08. The molecule has 5 nitrogen and oxygen atoms in total. The molecule has 2 aromatic heterocycles. The van der Waals surface area contributed by atoms with Crippen LogP contribution in [0.4, 0.5) is 13.2 Å². The van der Waals surface area contributed by atoms with Crippen LogP contribution in [0.25, 0.3) is 27.5 Å². The van der Waals surface area contributed by atoms with Gasteiger partial charge in [0.25, 0.3) is 5.92 Å². The van der Waals surface area contributed by atoms with E-state index < -0.39 is 17.7 Å². The molecule has 0 aliphatic heterocycles. The predicted octanol–water partition coefficient (Wildman–Crippen LogP) is 7.42. The van der Waals surface area contributed by atoms with Crippen LogP contribution in [0.5, 0.6) is 0 Å². The predicted molar refractivity (Wildman–Crippen MR) is 132 cm³/mol. The van der Waals surface area contributed by atoms with Gasteiger partial charge in [0.15, 0.2) is 5.69 Å². The van der Waals surface area contributed by atoms with E-state index in [1.807, 2.05) is 13.8 Å². The SMILES string of the molecule is Cc1nn(-c2nc(-c3ccc(C(C)(F)F)cc3)c(SC(C)C)s2)c(C(=O)O)c1-c1cccc(F)c1. The number of thiazole rings is 1. The third-order valence-corrected chi connectivity index (χ3v) is 7.39. The monoisotopic (exact) mass is 517 g/mol. The van der Waals surface area contributed by atoms with Crippen LogP contribution < -0.4 is 0 Å². The maximum atomic E-state index is 13.9. The van der Waals surface area contributed by atoms with Gasteiger partial charge < -0.3 is 5.11 Å². The third kappa shape index (κ3) is 5.13. The van der Waals surface area contributed by atoms with Crippen molar-refractivity contribution in [3.8, 4) is 27.5 Å². The van der Waals surface area contributed by atoms with Crippen LogP contribution >= 0.6 is 23.1 Å². The van der Waals surface area contributed by atoms with Gasteiger partial charge in [-0.05, 0) is 24.6 Å². The zero-order chi connectivity index (χ0) is 25.5. The van der Waals surface area contributed by atoms with Gasteiger partial charge in [-0.15, -0.1) is 11.8 Å². The van der Waals surface area contributed by atoms with E-state index in [0.29, 0.717) is 33.2 Å². The number of aryl methyl sites for hydroxylation is 1. The highest BCUT2D eigenvalue weighted by atomic mass is 32.2. The van der Waals surface area contributed by atoms with Crippen molar-refractivity contribution in [2.75, 3.05) is 0 Å². The lowest BCUT2D eigenvalue weighted by Crippen LogP contribution is -2.09. The van der Waals surface area contributed by atoms with Crippen molar-refractivity contribution in [1.29, 1.82) is 0 Å². The zero-order valence-corrected chi connectivity index (χ0v) is 21.0. The molecule has 0 aliphatic rings. The summed E-state index contributed by atoms with van der Waals surface area (Å²) in [6.07, 6.45) is 0. The highest BCUT2D eigenvalue weighted by Crippen LogP contribution is 2.41. The van der Waals surface area contributed by atoms with Gasteiger partial charge in [0.1, 0.15) is 5.82 Å². The van der Waals surface area contributed by atoms with Crippen LogP contribution in [0.3, 0.4) is 0 Å². The fourth-order valence-corrected chi connectivity index (χ4v) is 6.11. The van der Waals surface area contributed by atoms with Crippen LogP contribution in [-0.2, 0) is 5.92 Å². The number of halogens is 3. The largest absolute Gasteiger partial charge is 0.476 e. The van der Waals surface area contributed by atoms with Gasteiger partial charge in [-0.25, -0.2) is 22.9 Å². The van der Waals surface area contributed by atoms with Gasteiger partial charge >= 0.3 is 5.97 Å². The van der Waals surface area contributed by atoms with Crippen LogP contribution in [0.15, 0.2) is 52.7 Å². The van der Waals surface area contributed by atoms with Crippen molar-refractivity contribution >= 4 is 29.1 Å². The fraction of sp³-hybridized carbons (Fsp3) is 0.240. The van der Waals surface area contributed by atoms with Crippen LogP contribution in [0.2, 0.25) is 0 Å². The van der Waals surface area contributed by atoms with E-state index in [-0.39, 0.29) is 16.5 Å². The Hall–Kier alpha value is -3.11. The summed E-state index contributed by atoms with van der Waals surface area (Å²) < 4.78 is 43.3. The topological polar surface area (TPSA) is 68.0 Å². The summed E-state index contributed by atoms with van der Waals surface area (Å²) in [5.74, 6) is -4.68. The maximum absolute atomic E-state index is 13.9. The van der Waals surface area contributed by atoms with E-state index in [0.717, 1.165) is 11.1 Å². The maximum Gasteiger partial charge on any atom is 0.355 e. The number of hydrogen-bond acceptors (Lipinski definition) is 5. The summed E-state index contributed by atoms with van der Waals surface area (Å²) in [4.78, 5) is 17.0. The van der Waals surface area contributed by atoms with E-state index in [1.54, 1.807) is 25.1 Å². The Morgan fingerprint density at radius 3 is 2.40 bits per heavy atom. The number of rotatable bonds is 7. The molecule has 0 amide bonds. The molecule has 0 radical (unpaired) electrons. The number of carbonyl (C=O) groups is 1. The summed E-state index contributed by atoms with van der Waals surface area (Å²) >= 11 is 2.80. The first-order valence-corrected chi connectivity index (χ1v) is 12.4. The first-order valence-electron chi connectivity index (χ1n) is 10.7. The van der Waals surface area contributed by atoms with Gasteiger partial charge in [-0.3, -0.25) is 0 Å².